The lowest BCUT2D eigenvalue weighted by molar-refractivity contribution is -0.120. The number of aromatic nitrogens is 2. The van der Waals surface area contributed by atoms with E-state index in [9.17, 15) is 4.79 Å². The first-order valence-electron chi connectivity index (χ1n) is 8.29. The molecule has 0 unspecified atom stereocenters. The van der Waals surface area contributed by atoms with Gasteiger partial charge in [-0.2, -0.15) is 5.10 Å². The molecular weight excluding hydrogens is 342 g/mol. The van der Waals surface area contributed by atoms with Gasteiger partial charge in [0, 0.05) is 24.8 Å². The number of hydrogen-bond acceptors (Lipinski definition) is 4. The molecule has 2 heterocycles. The molecule has 2 aromatic rings. The minimum absolute atomic E-state index is 0.0113. The van der Waals surface area contributed by atoms with Gasteiger partial charge in [0.2, 0.25) is 5.91 Å². The maximum absolute atomic E-state index is 12.2. The highest BCUT2D eigenvalue weighted by atomic mass is 35.5. The van der Waals surface area contributed by atoms with E-state index in [1.807, 2.05) is 33.0 Å². The lowest BCUT2D eigenvalue weighted by Crippen LogP contribution is -2.27. The summed E-state index contributed by atoms with van der Waals surface area (Å²) >= 11 is 6.23. The van der Waals surface area contributed by atoms with E-state index >= 15 is 0 Å². The summed E-state index contributed by atoms with van der Waals surface area (Å²) in [6.45, 7) is 5.46. The van der Waals surface area contributed by atoms with Crippen LogP contribution in [0.2, 0.25) is 5.02 Å². The average molecular weight is 364 g/mol. The van der Waals surface area contributed by atoms with Crippen molar-refractivity contribution in [2.45, 2.75) is 26.7 Å². The van der Waals surface area contributed by atoms with Crippen molar-refractivity contribution in [2.75, 3.05) is 19.8 Å². The molecular formula is C18H22ClN3O3. The summed E-state index contributed by atoms with van der Waals surface area (Å²) in [5.74, 6) is 1.26. The number of rotatable bonds is 5. The van der Waals surface area contributed by atoms with Crippen molar-refractivity contribution in [3.8, 4) is 11.5 Å². The fraction of sp³-hybridized carbons (Fsp3) is 0.444. The van der Waals surface area contributed by atoms with Crippen molar-refractivity contribution in [2.24, 2.45) is 7.05 Å². The molecule has 1 N–H and O–H groups in total. The van der Waals surface area contributed by atoms with Gasteiger partial charge < -0.3 is 14.8 Å². The number of fused-ring (bicyclic) bond motifs is 1. The summed E-state index contributed by atoms with van der Waals surface area (Å²) in [6.07, 6.45) is 1.01. The van der Waals surface area contributed by atoms with Crippen LogP contribution in [0.25, 0.3) is 0 Å². The Hall–Kier alpha value is -2.21. The maximum Gasteiger partial charge on any atom is 0.224 e. The van der Waals surface area contributed by atoms with Gasteiger partial charge in [-0.1, -0.05) is 11.6 Å². The number of hydrogen-bond donors (Lipinski definition) is 1. The molecule has 134 valence electrons. The third-order valence-electron chi connectivity index (χ3n) is 4.39. The number of benzene rings is 1. The fourth-order valence-corrected chi connectivity index (χ4v) is 3.24. The van der Waals surface area contributed by atoms with Crippen LogP contribution in [0.5, 0.6) is 11.5 Å². The third kappa shape index (κ3) is 3.90. The molecule has 3 rings (SSSR count). The van der Waals surface area contributed by atoms with Crippen molar-refractivity contribution < 1.29 is 14.3 Å². The first-order chi connectivity index (χ1) is 12.0. The van der Waals surface area contributed by atoms with Crippen LogP contribution >= 0.6 is 11.6 Å². The molecule has 1 amide bonds. The van der Waals surface area contributed by atoms with E-state index in [1.165, 1.54) is 0 Å². The highest BCUT2D eigenvalue weighted by molar-refractivity contribution is 6.32. The Balaban J connectivity index is 1.56. The fourth-order valence-electron chi connectivity index (χ4n) is 2.95. The molecule has 1 aromatic carbocycles. The van der Waals surface area contributed by atoms with Crippen LogP contribution < -0.4 is 14.8 Å². The highest BCUT2D eigenvalue weighted by Crippen LogP contribution is 2.38. The van der Waals surface area contributed by atoms with Crippen LogP contribution in [0, 0.1) is 13.8 Å². The Labute approximate surface area is 152 Å². The zero-order valence-corrected chi connectivity index (χ0v) is 15.4. The number of ether oxygens (including phenoxy) is 2. The van der Waals surface area contributed by atoms with E-state index in [0.717, 1.165) is 22.5 Å². The first kappa shape index (κ1) is 17.6. The Morgan fingerprint density at radius 3 is 2.80 bits per heavy atom. The SMILES string of the molecule is Cc1nn(C)c(C)c1CC(=O)NCCc1cc(Cl)c2c(c1)OCCO2. The zero-order valence-electron chi connectivity index (χ0n) is 14.7. The summed E-state index contributed by atoms with van der Waals surface area (Å²) in [4.78, 5) is 12.2. The van der Waals surface area contributed by atoms with Crippen molar-refractivity contribution in [1.82, 2.24) is 15.1 Å². The van der Waals surface area contributed by atoms with Crippen LogP contribution in [0.4, 0.5) is 0 Å². The molecule has 1 aromatic heterocycles. The minimum atomic E-state index is -0.0113. The molecule has 0 saturated heterocycles. The maximum atomic E-state index is 12.2. The second kappa shape index (κ2) is 7.35. The molecule has 0 spiro atoms. The Kier molecular flexibility index (Phi) is 5.18. The molecule has 0 aliphatic carbocycles. The predicted molar refractivity (Wildman–Crippen MR) is 95.5 cm³/mol. The highest BCUT2D eigenvalue weighted by Gasteiger charge is 2.17. The number of amides is 1. The van der Waals surface area contributed by atoms with Gasteiger partial charge in [-0.15, -0.1) is 0 Å². The molecule has 25 heavy (non-hydrogen) atoms. The van der Waals surface area contributed by atoms with E-state index in [0.29, 0.717) is 49.1 Å². The van der Waals surface area contributed by atoms with Gasteiger partial charge in [-0.3, -0.25) is 9.48 Å². The summed E-state index contributed by atoms with van der Waals surface area (Å²) < 4.78 is 12.9. The van der Waals surface area contributed by atoms with Gasteiger partial charge in [0.1, 0.15) is 13.2 Å². The number of halogens is 1. The molecule has 0 fully saturated rings. The van der Waals surface area contributed by atoms with Crippen LogP contribution in [0.3, 0.4) is 0 Å². The molecule has 1 aliphatic rings. The topological polar surface area (TPSA) is 65.4 Å². The van der Waals surface area contributed by atoms with E-state index in [1.54, 1.807) is 4.68 Å². The van der Waals surface area contributed by atoms with Gasteiger partial charge in [-0.05, 0) is 38.0 Å². The Morgan fingerprint density at radius 2 is 2.08 bits per heavy atom. The average Bonchev–Trinajstić information content (AvgIpc) is 2.81. The van der Waals surface area contributed by atoms with Crippen LogP contribution in [0.1, 0.15) is 22.5 Å². The second-order valence-corrected chi connectivity index (χ2v) is 6.56. The van der Waals surface area contributed by atoms with Crippen molar-refractivity contribution in [3.63, 3.8) is 0 Å². The standard InChI is InChI=1S/C18H22ClN3O3/c1-11-14(12(2)22(3)21-11)10-17(23)20-5-4-13-8-15(19)18-16(9-13)24-6-7-25-18/h8-9H,4-7,10H2,1-3H3,(H,20,23). The molecule has 0 saturated carbocycles. The second-order valence-electron chi connectivity index (χ2n) is 6.15. The predicted octanol–water partition coefficient (Wildman–Crippen LogP) is 2.36. The van der Waals surface area contributed by atoms with Crippen molar-refractivity contribution >= 4 is 17.5 Å². The van der Waals surface area contributed by atoms with Crippen LogP contribution in [0.15, 0.2) is 12.1 Å². The molecule has 0 atom stereocenters. The summed E-state index contributed by atoms with van der Waals surface area (Å²) in [6, 6.07) is 3.78. The monoisotopic (exact) mass is 363 g/mol. The minimum Gasteiger partial charge on any atom is -0.486 e. The van der Waals surface area contributed by atoms with Crippen molar-refractivity contribution in [3.05, 3.63) is 39.7 Å². The van der Waals surface area contributed by atoms with Gasteiger partial charge in [0.05, 0.1) is 17.1 Å². The molecule has 0 bridgehead atoms. The summed E-state index contributed by atoms with van der Waals surface area (Å²) in [5, 5.41) is 7.83. The van der Waals surface area contributed by atoms with Gasteiger partial charge in [-0.25, -0.2) is 0 Å². The Morgan fingerprint density at radius 1 is 1.32 bits per heavy atom. The largest absolute Gasteiger partial charge is 0.486 e. The van der Waals surface area contributed by atoms with Gasteiger partial charge in [0.15, 0.2) is 11.5 Å². The van der Waals surface area contributed by atoms with E-state index in [4.69, 9.17) is 21.1 Å². The van der Waals surface area contributed by atoms with Crippen LogP contribution in [-0.2, 0) is 24.7 Å². The van der Waals surface area contributed by atoms with Crippen molar-refractivity contribution in [1.29, 1.82) is 0 Å². The number of carbonyl (C=O) groups excluding carboxylic acids is 1. The molecule has 7 heteroatoms. The van der Waals surface area contributed by atoms with Gasteiger partial charge in [0.25, 0.3) is 0 Å². The smallest absolute Gasteiger partial charge is 0.224 e. The third-order valence-corrected chi connectivity index (χ3v) is 4.67. The first-order valence-corrected chi connectivity index (χ1v) is 8.67. The summed E-state index contributed by atoms with van der Waals surface area (Å²) in [5.41, 5.74) is 3.91. The van der Waals surface area contributed by atoms with E-state index in [2.05, 4.69) is 10.4 Å². The number of nitrogens with zero attached hydrogens (tertiary/aromatic N) is 2. The van der Waals surface area contributed by atoms with Gasteiger partial charge >= 0.3 is 0 Å². The van der Waals surface area contributed by atoms with E-state index in [-0.39, 0.29) is 5.91 Å². The zero-order chi connectivity index (χ0) is 18.0. The lowest BCUT2D eigenvalue weighted by atomic mass is 10.1. The Bertz CT molecular complexity index is 801. The number of nitrogens with one attached hydrogen (secondary N) is 1. The normalized spacial score (nSPS) is 13.0. The summed E-state index contributed by atoms with van der Waals surface area (Å²) in [7, 11) is 1.88. The number of carbonyl (C=O) groups is 1. The molecule has 0 radical (unpaired) electrons. The molecule has 1 aliphatic heterocycles. The van der Waals surface area contributed by atoms with Crippen LogP contribution in [-0.4, -0.2) is 35.4 Å². The number of aryl methyl sites for hydroxylation is 2. The lowest BCUT2D eigenvalue weighted by Gasteiger charge is -2.20. The quantitative estimate of drug-likeness (QED) is 0.885. The van der Waals surface area contributed by atoms with E-state index < -0.39 is 0 Å². The molecule has 6 nitrogen and oxygen atoms in total.